The van der Waals surface area contributed by atoms with Crippen molar-refractivity contribution in [3.05, 3.63) is 42.0 Å². The lowest BCUT2D eigenvalue weighted by atomic mass is 10.3. The minimum atomic E-state index is -0.938. The van der Waals surface area contributed by atoms with E-state index < -0.39 is 5.97 Å². The smallest absolute Gasteiger partial charge is 0.303 e. The largest absolute Gasteiger partial charge is 0.481 e. The van der Waals surface area contributed by atoms with Crippen molar-refractivity contribution in [2.24, 2.45) is 0 Å². The van der Waals surface area contributed by atoms with Crippen LogP contribution in [0.4, 0.5) is 5.69 Å². The van der Waals surface area contributed by atoms with Gasteiger partial charge in [0.1, 0.15) is 0 Å². The number of carbonyl (C=O) groups excluding carboxylic acids is 1. The third kappa shape index (κ3) is 4.20. The maximum absolute atomic E-state index is 11.7. The standard InChI is InChI=1S/C13H13N3O4/c17-11(14-9-4-2-1-3-5-9)8-10-15-12(20-16-10)6-7-13(18)19/h1-5H,6-8H2,(H,14,17)(H,18,19). The van der Waals surface area contributed by atoms with Crippen molar-refractivity contribution >= 4 is 17.6 Å². The third-order valence-corrected chi connectivity index (χ3v) is 2.44. The number of hydrogen-bond donors (Lipinski definition) is 2. The van der Waals surface area contributed by atoms with Gasteiger partial charge in [-0.3, -0.25) is 9.59 Å². The van der Waals surface area contributed by atoms with Gasteiger partial charge in [0, 0.05) is 12.1 Å². The number of carboxylic acid groups (broad SMARTS) is 1. The van der Waals surface area contributed by atoms with Crippen LogP contribution in [0.25, 0.3) is 0 Å². The zero-order valence-corrected chi connectivity index (χ0v) is 10.6. The molecule has 0 saturated carbocycles. The Labute approximate surface area is 114 Å². The summed E-state index contributed by atoms with van der Waals surface area (Å²) in [5.74, 6) is -0.748. The average molecular weight is 275 g/mol. The average Bonchev–Trinajstić information content (AvgIpc) is 2.85. The number of amides is 1. The Morgan fingerprint density at radius 1 is 1.25 bits per heavy atom. The van der Waals surface area contributed by atoms with Crippen LogP contribution in [-0.2, 0) is 22.4 Å². The molecule has 2 rings (SSSR count). The van der Waals surface area contributed by atoms with Crippen LogP contribution >= 0.6 is 0 Å². The fraction of sp³-hybridized carbons (Fsp3) is 0.231. The molecule has 0 atom stereocenters. The summed E-state index contributed by atoms with van der Waals surface area (Å²) in [6, 6.07) is 9.02. The molecule has 0 radical (unpaired) electrons. The molecule has 20 heavy (non-hydrogen) atoms. The highest BCUT2D eigenvalue weighted by atomic mass is 16.5. The van der Waals surface area contributed by atoms with Crippen molar-refractivity contribution < 1.29 is 19.2 Å². The van der Waals surface area contributed by atoms with E-state index in [1.54, 1.807) is 12.1 Å². The predicted molar refractivity (Wildman–Crippen MR) is 69.0 cm³/mol. The maximum atomic E-state index is 11.7. The Hall–Kier alpha value is -2.70. The van der Waals surface area contributed by atoms with Crippen molar-refractivity contribution in [2.45, 2.75) is 19.3 Å². The number of aliphatic carboxylic acids is 1. The van der Waals surface area contributed by atoms with Crippen molar-refractivity contribution in [1.29, 1.82) is 0 Å². The monoisotopic (exact) mass is 275 g/mol. The highest BCUT2D eigenvalue weighted by Crippen LogP contribution is 2.07. The van der Waals surface area contributed by atoms with Gasteiger partial charge < -0.3 is 14.9 Å². The lowest BCUT2D eigenvalue weighted by Crippen LogP contribution is -2.15. The van der Waals surface area contributed by atoms with Gasteiger partial charge in [-0.2, -0.15) is 4.98 Å². The molecule has 0 aliphatic rings. The van der Waals surface area contributed by atoms with Crippen LogP contribution in [0.2, 0.25) is 0 Å². The number of carbonyl (C=O) groups is 2. The second kappa shape index (κ2) is 6.46. The number of nitrogens with zero attached hydrogens (tertiary/aromatic N) is 2. The molecular weight excluding hydrogens is 262 g/mol. The van der Waals surface area contributed by atoms with E-state index in [0.29, 0.717) is 5.69 Å². The molecule has 2 N–H and O–H groups in total. The van der Waals surface area contributed by atoms with Gasteiger partial charge in [-0.05, 0) is 12.1 Å². The fourth-order valence-electron chi connectivity index (χ4n) is 1.55. The van der Waals surface area contributed by atoms with E-state index >= 15 is 0 Å². The lowest BCUT2D eigenvalue weighted by Gasteiger charge is -2.01. The van der Waals surface area contributed by atoms with Crippen molar-refractivity contribution in [2.75, 3.05) is 5.32 Å². The van der Waals surface area contributed by atoms with E-state index in [0.717, 1.165) is 0 Å². The minimum Gasteiger partial charge on any atom is -0.481 e. The van der Waals surface area contributed by atoms with Crippen molar-refractivity contribution in [3.8, 4) is 0 Å². The first-order valence-corrected chi connectivity index (χ1v) is 6.01. The number of rotatable bonds is 6. The van der Waals surface area contributed by atoms with Gasteiger partial charge in [-0.1, -0.05) is 23.4 Å². The number of hydrogen-bond acceptors (Lipinski definition) is 5. The molecule has 104 valence electrons. The molecule has 2 aromatic rings. The number of benzene rings is 1. The zero-order valence-electron chi connectivity index (χ0n) is 10.6. The van der Waals surface area contributed by atoms with E-state index in [2.05, 4.69) is 15.5 Å². The Kier molecular flexibility index (Phi) is 4.43. The molecule has 0 bridgehead atoms. The molecule has 7 heteroatoms. The Morgan fingerprint density at radius 3 is 2.70 bits per heavy atom. The number of aryl methyl sites for hydroxylation is 1. The number of anilines is 1. The molecule has 7 nitrogen and oxygen atoms in total. The van der Waals surface area contributed by atoms with E-state index in [1.165, 1.54) is 0 Å². The van der Waals surface area contributed by atoms with Crippen LogP contribution in [0.3, 0.4) is 0 Å². The summed E-state index contributed by atoms with van der Waals surface area (Å²) in [7, 11) is 0. The topological polar surface area (TPSA) is 105 Å². The molecule has 0 spiro atoms. The van der Waals surface area contributed by atoms with E-state index in [1.807, 2.05) is 18.2 Å². The molecule has 1 aromatic heterocycles. The predicted octanol–water partition coefficient (Wildman–Crippen LogP) is 1.27. The van der Waals surface area contributed by atoms with Crippen LogP contribution in [0, 0.1) is 0 Å². The molecule has 0 saturated heterocycles. The van der Waals surface area contributed by atoms with Crippen LogP contribution in [-0.4, -0.2) is 27.1 Å². The number of para-hydroxylation sites is 1. The normalized spacial score (nSPS) is 10.2. The van der Waals surface area contributed by atoms with E-state index in [-0.39, 0.29) is 36.9 Å². The third-order valence-electron chi connectivity index (χ3n) is 2.44. The highest BCUT2D eigenvalue weighted by Gasteiger charge is 2.12. The van der Waals surface area contributed by atoms with Gasteiger partial charge in [0.2, 0.25) is 11.8 Å². The summed E-state index contributed by atoms with van der Waals surface area (Å²) in [6.07, 6.45) is 0.0476. The van der Waals surface area contributed by atoms with Crippen LogP contribution in [0.15, 0.2) is 34.9 Å². The SMILES string of the molecule is O=C(O)CCc1nc(CC(=O)Nc2ccccc2)no1. The summed E-state index contributed by atoms with van der Waals surface area (Å²) in [5.41, 5.74) is 0.687. The number of aromatic nitrogens is 2. The van der Waals surface area contributed by atoms with Gasteiger partial charge in [0.25, 0.3) is 0 Å². The molecule has 0 fully saturated rings. The summed E-state index contributed by atoms with van der Waals surface area (Å²) >= 11 is 0. The van der Waals surface area contributed by atoms with Crippen LogP contribution < -0.4 is 5.32 Å². The molecule has 1 aromatic carbocycles. The Balaban J connectivity index is 1.87. The zero-order chi connectivity index (χ0) is 14.4. The van der Waals surface area contributed by atoms with Gasteiger partial charge >= 0.3 is 5.97 Å². The highest BCUT2D eigenvalue weighted by molar-refractivity contribution is 5.91. The fourth-order valence-corrected chi connectivity index (χ4v) is 1.55. The first-order valence-electron chi connectivity index (χ1n) is 6.01. The minimum absolute atomic E-state index is 0.0224. The van der Waals surface area contributed by atoms with Crippen LogP contribution in [0.5, 0.6) is 0 Å². The molecule has 1 amide bonds. The van der Waals surface area contributed by atoms with Gasteiger partial charge in [-0.25, -0.2) is 0 Å². The summed E-state index contributed by atoms with van der Waals surface area (Å²) in [6.45, 7) is 0. The molecule has 0 unspecified atom stereocenters. The molecule has 0 aliphatic heterocycles. The molecule has 1 heterocycles. The van der Waals surface area contributed by atoms with Crippen LogP contribution in [0.1, 0.15) is 18.1 Å². The Morgan fingerprint density at radius 2 is 2.00 bits per heavy atom. The lowest BCUT2D eigenvalue weighted by molar-refractivity contribution is -0.137. The van der Waals surface area contributed by atoms with Gasteiger partial charge in [0.15, 0.2) is 5.82 Å². The molecule has 0 aliphatic carbocycles. The van der Waals surface area contributed by atoms with Crippen molar-refractivity contribution in [1.82, 2.24) is 10.1 Å². The molecular formula is C13H13N3O4. The van der Waals surface area contributed by atoms with Gasteiger partial charge in [0.05, 0.1) is 12.8 Å². The Bertz CT molecular complexity index is 595. The summed E-state index contributed by atoms with van der Waals surface area (Å²) in [5, 5.41) is 14.9. The quantitative estimate of drug-likeness (QED) is 0.822. The number of nitrogens with one attached hydrogen (secondary N) is 1. The van der Waals surface area contributed by atoms with Gasteiger partial charge in [-0.15, -0.1) is 0 Å². The summed E-state index contributed by atoms with van der Waals surface area (Å²) in [4.78, 5) is 26.1. The second-order valence-electron chi connectivity index (χ2n) is 4.09. The first kappa shape index (κ1) is 13.7. The number of carboxylic acids is 1. The van der Waals surface area contributed by atoms with E-state index in [4.69, 9.17) is 9.63 Å². The summed E-state index contributed by atoms with van der Waals surface area (Å²) < 4.78 is 4.86. The van der Waals surface area contributed by atoms with E-state index in [9.17, 15) is 9.59 Å². The second-order valence-corrected chi connectivity index (χ2v) is 4.09. The van der Waals surface area contributed by atoms with Crippen molar-refractivity contribution in [3.63, 3.8) is 0 Å². The first-order chi connectivity index (χ1) is 9.63. The maximum Gasteiger partial charge on any atom is 0.303 e.